The minimum atomic E-state index is -3.67. The molecule has 3 rings (SSSR count). The zero-order chi connectivity index (χ0) is 20.0. The molecule has 1 N–H and O–H groups in total. The van der Waals surface area contributed by atoms with Crippen molar-refractivity contribution in [2.75, 3.05) is 11.3 Å². The van der Waals surface area contributed by atoms with Crippen LogP contribution in [0.2, 0.25) is 0 Å². The molecule has 0 amide bonds. The summed E-state index contributed by atoms with van der Waals surface area (Å²) < 4.78 is 33.0. The number of ether oxygens (including phenoxy) is 1. The van der Waals surface area contributed by atoms with Crippen LogP contribution in [0.1, 0.15) is 50.5 Å². The summed E-state index contributed by atoms with van der Waals surface area (Å²) in [5.41, 5.74) is 1.32. The van der Waals surface area contributed by atoms with Gasteiger partial charge >= 0.3 is 5.97 Å². The van der Waals surface area contributed by atoms with E-state index in [0.717, 1.165) is 24.8 Å². The van der Waals surface area contributed by atoms with Gasteiger partial charge < -0.3 is 4.74 Å². The molecule has 0 bridgehead atoms. The Labute approximate surface area is 167 Å². The predicted molar refractivity (Wildman–Crippen MR) is 110 cm³/mol. The van der Waals surface area contributed by atoms with E-state index in [9.17, 15) is 13.2 Å². The van der Waals surface area contributed by atoms with Gasteiger partial charge in [-0.2, -0.15) is 0 Å². The Morgan fingerprint density at radius 2 is 1.71 bits per heavy atom. The molecule has 5 nitrogen and oxygen atoms in total. The van der Waals surface area contributed by atoms with Gasteiger partial charge in [-0.15, -0.1) is 0 Å². The zero-order valence-electron chi connectivity index (χ0n) is 16.1. The highest BCUT2D eigenvalue weighted by atomic mass is 32.2. The molecule has 1 saturated carbocycles. The van der Waals surface area contributed by atoms with E-state index >= 15 is 0 Å². The lowest BCUT2D eigenvalue weighted by Gasteiger charge is -2.20. The van der Waals surface area contributed by atoms with Crippen LogP contribution in [-0.4, -0.2) is 21.0 Å². The molecule has 1 fully saturated rings. The highest BCUT2D eigenvalue weighted by Crippen LogP contribution is 2.35. The van der Waals surface area contributed by atoms with Crippen molar-refractivity contribution in [1.29, 1.82) is 0 Å². The zero-order valence-corrected chi connectivity index (χ0v) is 17.0. The van der Waals surface area contributed by atoms with Gasteiger partial charge in [0.15, 0.2) is 0 Å². The average Bonchev–Trinajstić information content (AvgIpc) is 3.20. The number of rotatable bonds is 8. The van der Waals surface area contributed by atoms with E-state index in [1.807, 2.05) is 6.07 Å². The van der Waals surface area contributed by atoms with Gasteiger partial charge in [-0.05, 0) is 49.1 Å². The molecule has 2 aromatic carbocycles. The third-order valence-electron chi connectivity index (χ3n) is 5.23. The van der Waals surface area contributed by atoms with Crippen LogP contribution in [0.15, 0.2) is 59.5 Å². The summed E-state index contributed by atoms with van der Waals surface area (Å²) in [5, 5.41) is 0. The van der Waals surface area contributed by atoms with Gasteiger partial charge in [0, 0.05) is 5.69 Å². The summed E-state index contributed by atoms with van der Waals surface area (Å²) in [6, 6.07) is 15.3. The first-order valence-electron chi connectivity index (χ1n) is 9.84. The van der Waals surface area contributed by atoms with E-state index in [4.69, 9.17) is 4.74 Å². The molecule has 2 aromatic rings. The molecule has 0 aromatic heterocycles. The number of para-hydroxylation sites is 1. The van der Waals surface area contributed by atoms with Crippen LogP contribution in [0.4, 0.5) is 5.69 Å². The second kappa shape index (κ2) is 9.24. The van der Waals surface area contributed by atoms with Crippen molar-refractivity contribution >= 4 is 21.7 Å². The first-order chi connectivity index (χ1) is 13.5. The van der Waals surface area contributed by atoms with Crippen molar-refractivity contribution in [3.05, 3.63) is 60.2 Å². The second-order valence-electron chi connectivity index (χ2n) is 7.23. The Hall–Kier alpha value is -2.34. The van der Waals surface area contributed by atoms with E-state index in [-0.39, 0.29) is 16.8 Å². The van der Waals surface area contributed by atoms with Crippen LogP contribution < -0.4 is 4.72 Å². The molecular formula is C22H27NO4S. The summed E-state index contributed by atoms with van der Waals surface area (Å²) in [4.78, 5) is 12.7. The maximum atomic E-state index is 12.6. The minimum absolute atomic E-state index is 0.170. The van der Waals surface area contributed by atoms with Crippen LogP contribution in [0.25, 0.3) is 0 Å². The highest BCUT2D eigenvalue weighted by Gasteiger charge is 2.28. The van der Waals surface area contributed by atoms with E-state index in [1.165, 1.54) is 12.8 Å². The lowest BCUT2D eigenvalue weighted by Crippen LogP contribution is -2.19. The predicted octanol–water partition coefficient (Wildman–Crippen LogP) is 4.71. The maximum Gasteiger partial charge on any atom is 0.313 e. The number of hydrogen-bond donors (Lipinski definition) is 1. The average molecular weight is 402 g/mol. The highest BCUT2D eigenvalue weighted by molar-refractivity contribution is 7.92. The quantitative estimate of drug-likeness (QED) is 0.650. The van der Waals surface area contributed by atoms with E-state index in [0.29, 0.717) is 18.2 Å². The third-order valence-corrected chi connectivity index (χ3v) is 6.63. The SMILES string of the molecule is CCOC(=O)C(CC1CCCC1)c1ccc(S(=O)(=O)Nc2ccccc2)cc1. The molecule has 0 aliphatic heterocycles. The van der Waals surface area contributed by atoms with Gasteiger partial charge in [-0.1, -0.05) is 56.0 Å². The number of carbonyl (C=O) groups excluding carboxylic acids is 1. The Morgan fingerprint density at radius 1 is 1.07 bits per heavy atom. The molecule has 150 valence electrons. The van der Waals surface area contributed by atoms with Gasteiger partial charge in [0.05, 0.1) is 17.4 Å². The van der Waals surface area contributed by atoms with Gasteiger partial charge in [0.1, 0.15) is 0 Å². The van der Waals surface area contributed by atoms with Crippen molar-refractivity contribution in [3.63, 3.8) is 0 Å². The van der Waals surface area contributed by atoms with Crippen molar-refractivity contribution in [2.45, 2.75) is 49.8 Å². The van der Waals surface area contributed by atoms with E-state index in [2.05, 4.69) is 4.72 Å². The van der Waals surface area contributed by atoms with Crippen molar-refractivity contribution in [3.8, 4) is 0 Å². The smallest absolute Gasteiger partial charge is 0.313 e. The Morgan fingerprint density at radius 3 is 2.32 bits per heavy atom. The van der Waals surface area contributed by atoms with Crippen LogP contribution in [0.3, 0.4) is 0 Å². The number of benzene rings is 2. The second-order valence-corrected chi connectivity index (χ2v) is 8.91. The summed E-state index contributed by atoms with van der Waals surface area (Å²) >= 11 is 0. The molecular weight excluding hydrogens is 374 g/mol. The first kappa shape index (κ1) is 20.4. The molecule has 0 spiro atoms. The normalized spacial score (nSPS) is 15.9. The fraction of sp³-hybridized carbons (Fsp3) is 0.409. The number of hydrogen-bond acceptors (Lipinski definition) is 4. The number of carbonyl (C=O) groups is 1. The van der Waals surface area contributed by atoms with Crippen LogP contribution in [0.5, 0.6) is 0 Å². The summed E-state index contributed by atoms with van der Waals surface area (Å²) in [7, 11) is -3.67. The Balaban J connectivity index is 1.78. The van der Waals surface area contributed by atoms with E-state index in [1.54, 1.807) is 55.5 Å². The largest absolute Gasteiger partial charge is 0.466 e. The van der Waals surface area contributed by atoms with Gasteiger partial charge in [-0.3, -0.25) is 9.52 Å². The third kappa shape index (κ3) is 5.13. The van der Waals surface area contributed by atoms with Crippen molar-refractivity contribution < 1.29 is 17.9 Å². The van der Waals surface area contributed by atoms with Gasteiger partial charge in [0.25, 0.3) is 10.0 Å². The lowest BCUT2D eigenvalue weighted by atomic mass is 9.88. The number of nitrogens with one attached hydrogen (secondary N) is 1. The summed E-state index contributed by atoms with van der Waals surface area (Å²) in [6.07, 6.45) is 5.46. The van der Waals surface area contributed by atoms with Crippen LogP contribution in [-0.2, 0) is 19.6 Å². The fourth-order valence-electron chi connectivity index (χ4n) is 3.79. The molecule has 0 radical (unpaired) electrons. The maximum absolute atomic E-state index is 12.6. The fourth-order valence-corrected chi connectivity index (χ4v) is 4.85. The number of sulfonamides is 1. The summed E-state index contributed by atoms with van der Waals surface area (Å²) in [5.74, 6) is -0.0492. The standard InChI is InChI=1S/C22H27NO4S/c1-2-27-22(24)21(16-17-8-6-7-9-17)18-12-14-20(15-13-18)28(25,26)23-19-10-4-3-5-11-19/h3-5,10-15,17,21,23H,2,6-9,16H2,1H3. The molecule has 1 aliphatic rings. The summed E-state index contributed by atoms with van der Waals surface area (Å²) in [6.45, 7) is 2.14. The molecule has 0 heterocycles. The van der Waals surface area contributed by atoms with Crippen LogP contribution in [0, 0.1) is 5.92 Å². The number of anilines is 1. The Kier molecular flexibility index (Phi) is 6.73. The monoisotopic (exact) mass is 401 g/mol. The molecule has 0 saturated heterocycles. The number of esters is 1. The van der Waals surface area contributed by atoms with Crippen LogP contribution >= 0.6 is 0 Å². The van der Waals surface area contributed by atoms with Crippen molar-refractivity contribution in [1.82, 2.24) is 0 Å². The topological polar surface area (TPSA) is 72.5 Å². The molecule has 1 aliphatic carbocycles. The molecule has 6 heteroatoms. The Bertz CT molecular complexity index is 873. The molecule has 1 atom stereocenters. The first-order valence-corrected chi connectivity index (χ1v) is 11.3. The lowest BCUT2D eigenvalue weighted by molar-refractivity contribution is -0.145. The van der Waals surface area contributed by atoms with Gasteiger partial charge in [0.2, 0.25) is 0 Å². The van der Waals surface area contributed by atoms with Gasteiger partial charge in [-0.25, -0.2) is 8.42 Å². The molecule has 28 heavy (non-hydrogen) atoms. The minimum Gasteiger partial charge on any atom is -0.466 e. The molecule has 1 unspecified atom stereocenters. The van der Waals surface area contributed by atoms with E-state index < -0.39 is 10.0 Å². The van der Waals surface area contributed by atoms with Crippen molar-refractivity contribution in [2.24, 2.45) is 5.92 Å².